The number of amides is 1. The summed E-state index contributed by atoms with van der Waals surface area (Å²) < 4.78 is 0. The van der Waals surface area contributed by atoms with Crippen LogP contribution in [0.4, 0.5) is 0 Å². The van der Waals surface area contributed by atoms with E-state index in [0.717, 1.165) is 32.4 Å². The van der Waals surface area contributed by atoms with E-state index in [1.807, 2.05) is 6.92 Å². The lowest BCUT2D eigenvalue weighted by Gasteiger charge is -2.20. The van der Waals surface area contributed by atoms with Crippen molar-refractivity contribution < 1.29 is 9.90 Å². The Bertz CT molecular complexity index is 214. The summed E-state index contributed by atoms with van der Waals surface area (Å²) in [6.07, 6.45) is 3.01. The molecule has 0 aliphatic rings. The Balaban J connectivity index is 3.90. The lowest BCUT2D eigenvalue weighted by Crippen LogP contribution is -2.44. The van der Waals surface area contributed by atoms with Crippen LogP contribution in [0.5, 0.6) is 0 Å². The molecule has 0 saturated heterocycles. The van der Waals surface area contributed by atoms with Gasteiger partial charge in [-0.1, -0.05) is 27.2 Å². The van der Waals surface area contributed by atoms with E-state index in [-0.39, 0.29) is 18.6 Å². The van der Waals surface area contributed by atoms with E-state index in [2.05, 4.69) is 31.4 Å². The van der Waals surface area contributed by atoms with E-state index < -0.39 is 0 Å². The average Bonchev–Trinajstić information content (AvgIpc) is 2.33. The molecule has 4 nitrogen and oxygen atoms in total. The molecule has 18 heavy (non-hydrogen) atoms. The predicted molar refractivity (Wildman–Crippen MR) is 75.4 cm³/mol. The number of carbonyl (C=O) groups is 1. The summed E-state index contributed by atoms with van der Waals surface area (Å²) in [5, 5.41) is 15.1. The fraction of sp³-hybridized carbons (Fsp3) is 0.929. The number of nitrogens with one attached hydrogen (secondary N) is 2. The maximum atomic E-state index is 11.8. The molecule has 0 aromatic carbocycles. The number of hydrogen-bond acceptors (Lipinski definition) is 3. The van der Waals surface area contributed by atoms with Crippen LogP contribution in [0.25, 0.3) is 0 Å². The van der Waals surface area contributed by atoms with Gasteiger partial charge in [-0.15, -0.1) is 0 Å². The van der Waals surface area contributed by atoms with Gasteiger partial charge in [0.05, 0.1) is 6.04 Å². The molecule has 0 aliphatic heterocycles. The smallest absolute Gasteiger partial charge is 0.236 e. The van der Waals surface area contributed by atoms with Gasteiger partial charge in [-0.2, -0.15) is 0 Å². The number of aliphatic hydroxyl groups is 1. The Morgan fingerprint density at radius 2 is 1.83 bits per heavy atom. The Hall–Kier alpha value is -0.610. The molecule has 0 bridgehead atoms. The summed E-state index contributed by atoms with van der Waals surface area (Å²) in [4.78, 5) is 11.8. The van der Waals surface area contributed by atoms with Crippen molar-refractivity contribution in [1.29, 1.82) is 0 Å². The van der Waals surface area contributed by atoms with E-state index in [4.69, 9.17) is 5.11 Å². The van der Waals surface area contributed by atoms with Crippen LogP contribution >= 0.6 is 0 Å². The first-order valence-corrected chi connectivity index (χ1v) is 7.13. The molecule has 0 aromatic heterocycles. The molecule has 0 spiro atoms. The molecule has 4 heteroatoms. The molecular weight excluding hydrogens is 228 g/mol. The highest BCUT2D eigenvalue weighted by Crippen LogP contribution is 2.09. The van der Waals surface area contributed by atoms with Gasteiger partial charge in [0.25, 0.3) is 0 Å². The molecule has 0 heterocycles. The number of rotatable bonds is 10. The highest BCUT2D eigenvalue weighted by Gasteiger charge is 2.14. The average molecular weight is 258 g/mol. The van der Waals surface area contributed by atoms with Crippen LogP contribution in [0.1, 0.15) is 47.0 Å². The molecule has 1 amide bonds. The van der Waals surface area contributed by atoms with Gasteiger partial charge < -0.3 is 15.7 Å². The van der Waals surface area contributed by atoms with Gasteiger partial charge in [-0.25, -0.2) is 0 Å². The van der Waals surface area contributed by atoms with Crippen LogP contribution in [-0.4, -0.2) is 36.8 Å². The molecule has 2 unspecified atom stereocenters. The van der Waals surface area contributed by atoms with Crippen LogP contribution in [0.3, 0.4) is 0 Å². The van der Waals surface area contributed by atoms with Crippen molar-refractivity contribution in [3.63, 3.8) is 0 Å². The van der Waals surface area contributed by atoms with Crippen molar-refractivity contribution >= 4 is 5.91 Å². The van der Waals surface area contributed by atoms with Crippen molar-refractivity contribution in [1.82, 2.24) is 10.6 Å². The zero-order chi connectivity index (χ0) is 14.0. The zero-order valence-electron chi connectivity index (χ0n) is 12.3. The maximum Gasteiger partial charge on any atom is 0.236 e. The van der Waals surface area contributed by atoms with Crippen LogP contribution in [-0.2, 0) is 4.79 Å². The second-order valence-corrected chi connectivity index (χ2v) is 5.44. The van der Waals surface area contributed by atoms with Crippen molar-refractivity contribution in [3.05, 3.63) is 0 Å². The van der Waals surface area contributed by atoms with Gasteiger partial charge in [-0.3, -0.25) is 4.79 Å². The van der Waals surface area contributed by atoms with E-state index in [0.29, 0.717) is 11.8 Å². The molecule has 0 radical (unpaired) electrons. The zero-order valence-corrected chi connectivity index (χ0v) is 12.3. The van der Waals surface area contributed by atoms with Crippen molar-refractivity contribution in [2.45, 2.75) is 53.0 Å². The SMILES string of the molecule is CCCC(CCO)CNC(C)C(=O)NCC(C)C. The second kappa shape index (κ2) is 10.3. The van der Waals surface area contributed by atoms with Crippen molar-refractivity contribution in [2.75, 3.05) is 19.7 Å². The number of aliphatic hydroxyl groups excluding tert-OH is 1. The largest absolute Gasteiger partial charge is 0.396 e. The summed E-state index contributed by atoms with van der Waals surface area (Å²) in [7, 11) is 0. The summed E-state index contributed by atoms with van der Waals surface area (Å²) in [5.74, 6) is 0.992. The van der Waals surface area contributed by atoms with Gasteiger partial charge in [-0.05, 0) is 38.1 Å². The molecule has 0 fully saturated rings. The highest BCUT2D eigenvalue weighted by atomic mass is 16.3. The number of hydrogen-bond donors (Lipinski definition) is 3. The Labute approximate surface area is 112 Å². The third-order valence-electron chi connectivity index (χ3n) is 3.02. The summed E-state index contributed by atoms with van der Waals surface area (Å²) in [6, 6.07) is -0.165. The first-order chi connectivity index (χ1) is 8.51. The highest BCUT2D eigenvalue weighted by molar-refractivity contribution is 5.81. The Kier molecular flexibility index (Phi) is 9.98. The molecule has 2 atom stereocenters. The van der Waals surface area contributed by atoms with Crippen LogP contribution in [0, 0.1) is 11.8 Å². The number of carbonyl (C=O) groups excluding carboxylic acids is 1. The van der Waals surface area contributed by atoms with Crippen molar-refractivity contribution in [2.24, 2.45) is 11.8 Å². The molecule has 0 rings (SSSR count). The first kappa shape index (κ1) is 17.4. The lowest BCUT2D eigenvalue weighted by atomic mass is 10.00. The topological polar surface area (TPSA) is 61.4 Å². The van der Waals surface area contributed by atoms with Gasteiger partial charge in [0, 0.05) is 13.2 Å². The first-order valence-electron chi connectivity index (χ1n) is 7.13. The standard InChI is InChI=1S/C14H30N2O2/c1-5-6-13(7-8-17)10-15-12(4)14(18)16-9-11(2)3/h11-13,15,17H,5-10H2,1-4H3,(H,16,18). The van der Waals surface area contributed by atoms with Gasteiger partial charge >= 0.3 is 0 Å². The third-order valence-corrected chi connectivity index (χ3v) is 3.02. The third kappa shape index (κ3) is 8.48. The quantitative estimate of drug-likeness (QED) is 0.557. The fourth-order valence-electron chi connectivity index (χ4n) is 1.83. The molecule has 0 aromatic rings. The maximum absolute atomic E-state index is 11.8. The predicted octanol–water partition coefficient (Wildman–Crippen LogP) is 1.54. The van der Waals surface area contributed by atoms with Crippen LogP contribution in [0.15, 0.2) is 0 Å². The summed E-state index contributed by atoms with van der Waals surface area (Å²) >= 11 is 0. The van der Waals surface area contributed by atoms with E-state index in [9.17, 15) is 4.79 Å². The van der Waals surface area contributed by atoms with E-state index >= 15 is 0 Å². The van der Waals surface area contributed by atoms with Gasteiger partial charge in [0.1, 0.15) is 0 Å². The fourth-order valence-corrected chi connectivity index (χ4v) is 1.83. The van der Waals surface area contributed by atoms with Crippen molar-refractivity contribution in [3.8, 4) is 0 Å². The lowest BCUT2D eigenvalue weighted by molar-refractivity contribution is -0.122. The second-order valence-electron chi connectivity index (χ2n) is 5.44. The van der Waals surface area contributed by atoms with E-state index in [1.165, 1.54) is 0 Å². The summed E-state index contributed by atoms with van der Waals surface area (Å²) in [6.45, 7) is 9.93. The minimum absolute atomic E-state index is 0.0583. The van der Waals surface area contributed by atoms with Gasteiger partial charge in [0.2, 0.25) is 5.91 Å². The molecule has 108 valence electrons. The van der Waals surface area contributed by atoms with Crippen LogP contribution < -0.4 is 10.6 Å². The molecule has 3 N–H and O–H groups in total. The monoisotopic (exact) mass is 258 g/mol. The normalized spacial score (nSPS) is 14.6. The molecule has 0 saturated carbocycles. The minimum atomic E-state index is -0.165. The minimum Gasteiger partial charge on any atom is -0.396 e. The van der Waals surface area contributed by atoms with Gasteiger partial charge in [0.15, 0.2) is 0 Å². The molecule has 0 aliphatic carbocycles. The van der Waals surface area contributed by atoms with Crippen LogP contribution in [0.2, 0.25) is 0 Å². The van der Waals surface area contributed by atoms with E-state index in [1.54, 1.807) is 0 Å². The Morgan fingerprint density at radius 3 is 2.33 bits per heavy atom. The Morgan fingerprint density at radius 1 is 1.17 bits per heavy atom. The molecular formula is C14H30N2O2. The summed E-state index contributed by atoms with van der Waals surface area (Å²) in [5.41, 5.74) is 0.